The topological polar surface area (TPSA) is 113 Å². The van der Waals surface area contributed by atoms with Crippen LogP contribution in [0.2, 0.25) is 0 Å². The van der Waals surface area contributed by atoms with Crippen molar-refractivity contribution in [1.29, 1.82) is 0 Å². The number of aliphatic hydroxyl groups is 2. The lowest BCUT2D eigenvalue weighted by Gasteiger charge is -2.16. The number of aromatic hydroxyl groups is 1. The summed E-state index contributed by atoms with van der Waals surface area (Å²) in [5.41, 5.74) is 0.306. The first-order valence-electron chi connectivity index (χ1n) is 8.18. The summed E-state index contributed by atoms with van der Waals surface area (Å²) in [6, 6.07) is 2.84. The quantitative estimate of drug-likeness (QED) is 0.650. The molecule has 7 nitrogen and oxygen atoms in total. The van der Waals surface area contributed by atoms with Crippen LogP contribution in [0, 0.1) is 0 Å². The van der Waals surface area contributed by atoms with E-state index in [9.17, 15) is 24.9 Å². The highest BCUT2D eigenvalue weighted by Crippen LogP contribution is 2.30. The minimum absolute atomic E-state index is 0.0242. The number of phenolic OH excluding ortho intramolecular Hbond substituents is 1. The molecule has 0 unspecified atom stereocenters. The fourth-order valence-corrected chi connectivity index (χ4v) is 2.51. The lowest BCUT2D eigenvalue weighted by atomic mass is 10.0. The zero-order valence-electron chi connectivity index (χ0n) is 14.6. The van der Waals surface area contributed by atoms with E-state index in [2.05, 4.69) is 0 Å². The molecule has 3 atom stereocenters. The summed E-state index contributed by atoms with van der Waals surface area (Å²) in [4.78, 5) is 24.3. The molecule has 0 saturated heterocycles. The van der Waals surface area contributed by atoms with E-state index in [0.717, 1.165) is 6.08 Å². The second-order valence-corrected chi connectivity index (χ2v) is 6.02. The third-order valence-electron chi connectivity index (χ3n) is 3.95. The predicted octanol–water partition coefficient (Wildman–Crippen LogP) is 1.60. The highest BCUT2D eigenvalue weighted by atomic mass is 16.5. The summed E-state index contributed by atoms with van der Waals surface area (Å²) in [7, 11) is 1.42. The van der Waals surface area contributed by atoms with Gasteiger partial charge in [0.25, 0.3) is 0 Å². The number of benzene rings is 1. The van der Waals surface area contributed by atoms with Gasteiger partial charge < -0.3 is 24.8 Å². The van der Waals surface area contributed by atoms with Crippen molar-refractivity contribution >= 4 is 17.8 Å². The number of ether oxygens (including phenoxy) is 2. The molecule has 1 aliphatic rings. The monoisotopic (exact) mass is 362 g/mol. The number of rotatable bonds is 1. The van der Waals surface area contributed by atoms with Crippen LogP contribution in [0.25, 0.3) is 6.08 Å². The first-order chi connectivity index (χ1) is 12.3. The van der Waals surface area contributed by atoms with Crippen LogP contribution in [-0.2, 0) is 9.53 Å². The van der Waals surface area contributed by atoms with Crippen molar-refractivity contribution in [3.8, 4) is 11.5 Å². The first kappa shape index (κ1) is 19.7. The SMILES string of the molecule is COc1cc(O)c2c(c1)/C=C/C[C@H](O)[C@H](O)C(=O)/C=C\C[C@@H](C)OC2=O. The van der Waals surface area contributed by atoms with Gasteiger partial charge in [-0.05, 0) is 31.1 Å². The Labute approximate surface area is 151 Å². The van der Waals surface area contributed by atoms with Crippen LogP contribution in [0.5, 0.6) is 11.5 Å². The molecule has 140 valence electrons. The molecular weight excluding hydrogens is 340 g/mol. The minimum atomic E-state index is -1.55. The molecule has 0 saturated carbocycles. The van der Waals surface area contributed by atoms with Crippen molar-refractivity contribution in [1.82, 2.24) is 0 Å². The molecule has 2 rings (SSSR count). The molecule has 0 spiro atoms. The third-order valence-corrected chi connectivity index (χ3v) is 3.95. The Balaban J connectivity index is 2.45. The zero-order valence-corrected chi connectivity index (χ0v) is 14.6. The summed E-state index contributed by atoms with van der Waals surface area (Å²) in [6.07, 6.45) is 2.42. The Bertz CT molecular complexity index is 736. The first-order valence-corrected chi connectivity index (χ1v) is 8.18. The highest BCUT2D eigenvalue weighted by molar-refractivity contribution is 5.97. The largest absolute Gasteiger partial charge is 0.507 e. The van der Waals surface area contributed by atoms with Crippen molar-refractivity contribution < 1.29 is 34.4 Å². The molecule has 0 radical (unpaired) electrons. The summed E-state index contributed by atoms with van der Waals surface area (Å²) in [6.45, 7) is 1.64. The molecule has 0 fully saturated rings. The van der Waals surface area contributed by atoms with Crippen LogP contribution in [0.4, 0.5) is 0 Å². The van der Waals surface area contributed by atoms with E-state index in [-0.39, 0.29) is 24.2 Å². The van der Waals surface area contributed by atoms with Crippen molar-refractivity contribution in [2.24, 2.45) is 0 Å². The van der Waals surface area contributed by atoms with Gasteiger partial charge in [0.15, 0.2) is 5.78 Å². The molecule has 1 aliphatic heterocycles. The van der Waals surface area contributed by atoms with Gasteiger partial charge >= 0.3 is 5.97 Å². The molecule has 26 heavy (non-hydrogen) atoms. The van der Waals surface area contributed by atoms with Gasteiger partial charge in [-0.3, -0.25) is 4.79 Å². The minimum Gasteiger partial charge on any atom is -0.507 e. The van der Waals surface area contributed by atoms with Gasteiger partial charge in [0.05, 0.1) is 13.2 Å². The van der Waals surface area contributed by atoms with E-state index >= 15 is 0 Å². The number of ketones is 1. The third kappa shape index (κ3) is 4.71. The number of fused-ring (bicyclic) bond motifs is 1. The maximum absolute atomic E-state index is 12.4. The number of carbonyl (C=O) groups excluding carboxylic acids is 2. The summed E-state index contributed by atoms with van der Waals surface area (Å²) >= 11 is 0. The fraction of sp³-hybridized carbons (Fsp3) is 0.368. The molecule has 7 heteroatoms. The maximum atomic E-state index is 12.4. The van der Waals surface area contributed by atoms with Gasteiger partial charge in [-0.2, -0.15) is 0 Å². The Hall–Kier alpha value is -2.64. The summed E-state index contributed by atoms with van der Waals surface area (Å²) in [5, 5.41) is 30.0. The molecule has 3 N–H and O–H groups in total. The van der Waals surface area contributed by atoms with E-state index in [1.807, 2.05) is 0 Å². The van der Waals surface area contributed by atoms with E-state index in [0.29, 0.717) is 11.3 Å². The normalized spacial score (nSPS) is 27.0. The number of hydrogen-bond donors (Lipinski definition) is 3. The average Bonchev–Trinajstić information content (AvgIpc) is 2.59. The van der Waals surface area contributed by atoms with Gasteiger partial charge in [0.2, 0.25) is 0 Å². The molecule has 1 aromatic carbocycles. The van der Waals surface area contributed by atoms with E-state index in [4.69, 9.17) is 9.47 Å². The predicted molar refractivity (Wildman–Crippen MR) is 94.0 cm³/mol. The molecule has 1 aromatic rings. The summed E-state index contributed by atoms with van der Waals surface area (Å²) in [5.74, 6) is -1.29. The van der Waals surface area contributed by atoms with Crippen molar-refractivity contribution in [2.45, 2.75) is 38.1 Å². The summed E-state index contributed by atoms with van der Waals surface area (Å²) < 4.78 is 10.4. The molecule has 0 bridgehead atoms. The zero-order chi connectivity index (χ0) is 19.3. The standard InChI is InChI=1S/C19H22O7/c1-11-5-3-7-14(20)18(23)15(21)8-4-6-12-9-13(25-2)10-16(22)17(12)19(24)26-11/h3-4,6-7,9-11,15,18,21-23H,5,8H2,1-2H3/b6-4+,7-3-/t11-,15+,18-/m1/s1. The second kappa shape index (κ2) is 8.64. The maximum Gasteiger partial charge on any atom is 0.342 e. The number of methoxy groups -OCH3 is 1. The Morgan fingerprint density at radius 2 is 1.81 bits per heavy atom. The fourth-order valence-electron chi connectivity index (χ4n) is 2.51. The highest BCUT2D eigenvalue weighted by Gasteiger charge is 2.23. The molecule has 0 amide bonds. The van der Waals surface area contributed by atoms with Crippen molar-refractivity contribution in [2.75, 3.05) is 7.11 Å². The van der Waals surface area contributed by atoms with Crippen LogP contribution >= 0.6 is 0 Å². The second-order valence-electron chi connectivity index (χ2n) is 6.02. The van der Waals surface area contributed by atoms with E-state index in [1.54, 1.807) is 6.92 Å². The van der Waals surface area contributed by atoms with Crippen LogP contribution in [-0.4, -0.2) is 52.5 Å². The smallest absolute Gasteiger partial charge is 0.342 e. The van der Waals surface area contributed by atoms with Crippen LogP contribution in [0.3, 0.4) is 0 Å². The number of phenols is 1. The molecular formula is C19H22O7. The van der Waals surface area contributed by atoms with Gasteiger partial charge in [-0.15, -0.1) is 0 Å². The Morgan fingerprint density at radius 1 is 1.12 bits per heavy atom. The number of esters is 1. The van der Waals surface area contributed by atoms with E-state index < -0.39 is 30.1 Å². The average molecular weight is 362 g/mol. The lowest BCUT2D eigenvalue weighted by Crippen LogP contribution is -2.32. The van der Waals surface area contributed by atoms with Crippen molar-refractivity contribution in [3.05, 3.63) is 41.5 Å². The van der Waals surface area contributed by atoms with Crippen molar-refractivity contribution in [3.63, 3.8) is 0 Å². The number of hydrogen-bond acceptors (Lipinski definition) is 7. The molecule has 0 aliphatic carbocycles. The van der Waals surface area contributed by atoms with Gasteiger partial charge in [-0.1, -0.05) is 18.2 Å². The molecule has 1 heterocycles. The van der Waals surface area contributed by atoms with Gasteiger partial charge in [-0.25, -0.2) is 4.79 Å². The molecule has 0 aromatic heterocycles. The van der Waals surface area contributed by atoms with Gasteiger partial charge in [0, 0.05) is 12.5 Å². The number of aliphatic hydroxyl groups excluding tert-OH is 2. The van der Waals surface area contributed by atoms with Crippen LogP contribution in [0.15, 0.2) is 30.4 Å². The van der Waals surface area contributed by atoms with Gasteiger partial charge in [0.1, 0.15) is 29.3 Å². The van der Waals surface area contributed by atoms with Crippen LogP contribution < -0.4 is 4.74 Å². The Morgan fingerprint density at radius 3 is 2.50 bits per heavy atom. The number of cyclic esters (lactones) is 1. The van der Waals surface area contributed by atoms with Crippen LogP contribution in [0.1, 0.15) is 35.7 Å². The number of carbonyl (C=O) groups is 2. The lowest BCUT2D eigenvalue weighted by molar-refractivity contribution is -0.127. The van der Waals surface area contributed by atoms with E-state index in [1.165, 1.54) is 37.5 Å². The Kier molecular flexibility index (Phi) is 6.54.